The predicted molar refractivity (Wildman–Crippen MR) is 84.8 cm³/mol. The minimum atomic E-state index is 0.00827. The summed E-state index contributed by atoms with van der Waals surface area (Å²) in [5.74, 6) is 0.00827. The van der Waals surface area contributed by atoms with E-state index in [2.05, 4.69) is 6.92 Å². The van der Waals surface area contributed by atoms with Gasteiger partial charge in [-0.25, -0.2) is 0 Å². The molecule has 0 aromatic rings. The van der Waals surface area contributed by atoms with Crippen molar-refractivity contribution in [3.05, 3.63) is 0 Å². The number of carbonyl (C=O) groups excluding carboxylic acids is 1. The number of hydrogen-bond donors (Lipinski definition) is 0. The minimum absolute atomic E-state index is 0.00827. The summed E-state index contributed by atoms with van der Waals surface area (Å²) >= 11 is 0. The lowest BCUT2D eigenvalue weighted by molar-refractivity contribution is -0.141. The molecule has 1 saturated heterocycles. The average Bonchev–Trinajstić information content (AvgIpc) is 2.86. The van der Waals surface area contributed by atoms with E-state index in [1.54, 1.807) is 0 Å². The van der Waals surface area contributed by atoms with Gasteiger partial charge in [0.25, 0.3) is 0 Å². The number of ether oxygens (including phenoxy) is 1. The van der Waals surface area contributed by atoms with Crippen LogP contribution in [0, 0.1) is 0 Å². The summed E-state index contributed by atoms with van der Waals surface area (Å²) in [5, 5.41) is 0. The number of esters is 1. The summed E-state index contributed by atoms with van der Waals surface area (Å²) in [6, 6.07) is 0. The van der Waals surface area contributed by atoms with Gasteiger partial charge in [0.15, 0.2) is 0 Å². The van der Waals surface area contributed by atoms with E-state index in [1.807, 2.05) is 0 Å². The van der Waals surface area contributed by atoms with Crippen LogP contribution in [0.3, 0.4) is 0 Å². The maximum Gasteiger partial charge on any atom is 0.306 e. The van der Waals surface area contributed by atoms with Gasteiger partial charge >= 0.3 is 5.97 Å². The van der Waals surface area contributed by atoms with Crippen molar-refractivity contribution >= 4 is 5.97 Å². The number of cyclic esters (lactones) is 1. The molecule has 0 spiro atoms. The molecular formula is C18H34O2. The maximum atomic E-state index is 10.9. The Hall–Kier alpha value is -0.530. The Morgan fingerprint density at radius 3 is 1.80 bits per heavy atom. The highest BCUT2D eigenvalue weighted by atomic mass is 16.5. The van der Waals surface area contributed by atoms with Crippen molar-refractivity contribution in [2.24, 2.45) is 0 Å². The molecule has 0 aromatic heterocycles. The van der Waals surface area contributed by atoms with Crippen molar-refractivity contribution in [3.63, 3.8) is 0 Å². The van der Waals surface area contributed by atoms with Gasteiger partial charge in [0.05, 0.1) is 0 Å². The Morgan fingerprint density at radius 1 is 0.850 bits per heavy atom. The van der Waals surface area contributed by atoms with E-state index in [1.165, 1.54) is 77.0 Å². The second-order valence-electron chi connectivity index (χ2n) is 6.33. The van der Waals surface area contributed by atoms with Gasteiger partial charge in [0.1, 0.15) is 6.10 Å². The first-order chi connectivity index (χ1) is 9.83. The maximum absolute atomic E-state index is 10.9. The van der Waals surface area contributed by atoms with Crippen LogP contribution in [0.15, 0.2) is 0 Å². The topological polar surface area (TPSA) is 26.3 Å². The summed E-state index contributed by atoms with van der Waals surface area (Å²) in [7, 11) is 0. The molecular weight excluding hydrogens is 248 g/mol. The summed E-state index contributed by atoms with van der Waals surface area (Å²) in [5.41, 5.74) is 0. The first-order valence-corrected chi connectivity index (χ1v) is 9.02. The van der Waals surface area contributed by atoms with Crippen LogP contribution in [-0.2, 0) is 9.53 Å². The lowest BCUT2D eigenvalue weighted by Crippen LogP contribution is -2.06. The molecule has 1 unspecified atom stereocenters. The van der Waals surface area contributed by atoms with Crippen molar-refractivity contribution in [2.45, 2.75) is 109 Å². The van der Waals surface area contributed by atoms with Crippen LogP contribution in [0.4, 0.5) is 0 Å². The molecule has 1 fully saturated rings. The van der Waals surface area contributed by atoms with Crippen molar-refractivity contribution in [1.29, 1.82) is 0 Å². The Labute approximate surface area is 125 Å². The highest BCUT2D eigenvalue weighted by Crippen LogP contribution is 2.20. The van der Waals surface area contributed by atoms with Crippen LogP contribution in [0.5, 0.6) is 0 Å². The third-order valence-corrected chi connectivity index (χ3v) is 4.35. The molecule has 20 heavy (non-hydrogen) atoms. The summed E-state index contributed by atoms with van der Waals surface area (Å²) < 4.78 is 5.22. The largest absolute Gasteiger partial charge is 0.462 e. The summed E-state index contributed by atoms with van der Waals surface area (Å²) in [6.45, 7) is 2.27. The van der Waals surface area contributed by atoms with E-state index in [0.29, 0.717) is 6.42 Å². The van der Waals surface area contributed by atoms with Crippen LogP contribution in [0.25, 0.3) is 0 Å². The average molecular weight is 282 g/mol. The van der Waals surface area contributed by atoms with Gasteiger partial charge < -0.3 is 4.74 Å². The van der Waals surface area contributed by atoms with E-state index >= 15 is 0 Å². The lowest BCUT2D eigenvalue weighted by atomic mass is 10.0. The SMILES string of the molecule is CCCCCCCCCCCCCCC1CCC(=O)O1. The van der Waals surface area contributed by atoms with Gasteiger partial charge in [-0.2, -0.15) is 0 Å². The second kappa shape index (κ2) is 12.2. The molecule has 0 bridgehead atoms. The van der Waals surface area contributed by atoms with Crippen LogP contribution < -0.4 is 0 Å². The van der Waals surface area contributed by atoms with Gasteiger partial charge in [-0.15, -0.1) is 0 Å². The molecule has 118 valence electrons. The van der Waals surface area contributed by atoms with Gasteiger partial charge in [0.2, 0.25) is 0 Å². The van der Waals surface area contributed by atoms with E-state index in [0.717, 1.165) is 12.8 Å². The quantitative estimate of drug-likeness (QED) is 0.316. The van der Waals surface area contributed by atoms with E-state index in [-0.39, 0.29) is 12.1 Å². The molecule has 1 rings (SSSR count). The lowest BCUT2D eigenvalue weighted by Gasteiger charge is -2.08. The third-order valence-electron chi connectivity index (χ3n) is 4.35. The molecule has 0 N–H and O–H groups in total. The van der Waals surface area contributed by atoms with Crippen LogP contribution >= 0.6 is 0 Å². The zero-order chi connectivity index (χ0) is 14.5. The molecule has 1 aliphatic rings. The number of unbranched alkanes of at least 4 members (excludes halogenated alkanes) is 11. The fraction of sp³-hybridized carbons (Fsp3) is 0.944. The molecule has 0 radical (unpaired) electrons. The van der Waals surface area contributed by atoms with Crippen LogP contribution in [0.2, 0.25) is 0 Å². The van der Waals surface area contributed by atoms with Crippen molar-refractivity contribution in [3.8, 4) is 0 Å². The molecule has 0 amide bonds. The molecule has 1 heterocycles. The molecule has 1 aliphatic heterocycles. The fourth-order valence-electron chi connectivity index (χ4n) is 3.00. The molecule has 2 heteroatoms. The smallest absolute Gasteiger partial charge is 0.306 e. The molecule has 1 atom stereocenters. The Balaban J connectivity index is 1.71. The van der Waals surface area contributed by atoms with Crippen molar-refractivity contribution in [1.82, 2.24) is 0 Å². The Kier molecular flexibility index (Phi) is 10.7. The molecule has 0 aliphatic carbocycles. The Bertz CT molecular complexity index is 238. The summed E-state index contributed by atoms with van der Waals surface area (Å²) in [6.07, 6.45) is 19.5. The zero-order valence-electron chi connectivity index (χ0n) is 13.5. The van der Waals surface area contributed by atoms with Crippen molar-refractivity contribution in [2.75, 3.05) is 0 Å². The highest BCUT2D eigenvalue weighted by molar-refractivity contribution is 5.71. The van der Waals surface area contributed by atoms with Gasteiger partial charge in [-0.05, 0) is 19.3 Å². The second-order valence-corrected chi connectivity index (χ2v) is 6.33. The monoisotopic (exact) mass is 282 g/mol. The minimum Gasteiger partial charge on any atom is -0.462 e. The fourth-order valence-corrected chi connectivity index (χ4v) is 3.00. The van der Waals surface area contributed by atoms with Crippen LogP contribution in [0.1, 0.15) is 103 Å². The number of rotatable bonds is 13. The van der Waals surface area contributed by atoms with E-state index < -0.39 is 0 Å². The molecule has 2 nitrogen and oxygen atoms in total. The zero-order valence-corrected chi connectivity index (χ0v) is 13.5. The predicted octanol–water partition coefficient (Wildman–Crippen LogP) is 5.78. The third kappa shape index (κ3) is 9.39. The summed E-state index contributed by atoms with van der Waals surface area (Å²) in [4.78, 5) is 10.9. The van der Waals surface area contributed by atoms with Crippen LogP contribution in [-0.4, -0.2) is 12.1 Å². The molecule has 0 aromatic carbocycles. The first kappa shape index (κ1) is 17.5. The van der Waals surface area contributed by atoms with E-state index in [4.69, 9.17) is 4.74 Å². The normalized spacial score (nSPS) is 18.4. The first-order valence-electron chi connectivity index (χ1n) is 9.02. The van der Waals surface area contributed by atoms with Gasteiger partial charge in [0, 0.05) is 6.42 Å². The van der Waals surface area contributed by atoms with Gasteiger partial charge in [-0.3, -0.25) is 4.79 Å². The Morgan fingerprint density at radius 2 is 1.35 bits per heavy atom. The highest BCUT2D eigenvalue weighted by Gasteiger charge is 2.22. The van der Waals surface area contributed by atoms with Crippen molar-refractivity contribution < 1.29 is 9.53 Å². The standard InChI is InChI=1S/C18H34O2/c1-2-3-4-5-6-7-8-9-10-11-12-13-14-17-15-16-18(19)20-17/h17H,2-16H2,1H3. The number of carbonyl (C=O) groups is 1. The number of hydrogen-bond acceptors (Lipinski definition) is 2. The van der Waals surface area contributed by atoms with Gasteiger partial charge in [-0.1, -0.05) is 77.6 Å². The molecule has 0 saturated carbocycles. The van der Waals surface area contributed by atoms with E-state index in [9.17, 15) is 4.79 Å².